The molecule has 168 valence electrons. The molecule has 0 aliphatic heterocycles. The van der Waals surface area contributed by atoms with Crippen molar-refractivity contribution in [3.63, 3.8) is 0 Å². The molecule has 0 bridgehead atoms. The fraction of sp³-hybridized carbons (Fsp3) is 0.348. The topological polar surface area (TPSA) is 89.6 Å². The Morgan fingerprint density at radius 2 is 1.72 bits per heavy atom. The molecule has 1 saturated carbocycles. The minimum Gasteiger partial charge on any atom is -0.493 e. The largest absolute Gasteiger partial charge is 0.493 e. The average Bonchev–Trinajstić information content (AvgIpc) is 3.52. The maximum Gasteiger partial charge on any atom is 0.271 e. The zero-order valence-corrected chi connectivity index (χ0v) is 19.3. The van der Waals surface area contributed by atoms with Gasteiger partial charge in [0, 0.05) is 17.5 Å². The lowest BCUT2D eigenvalue weighted by Gasteiger charge is -2.32. The zero-order valence-electron chi connectivity index (χ0n) is 17.7. The molecule has 2 unspecified atom stereocenters. The predicted molar refractivity (Wildman–Crippen MR) is 125 cm³/mol. The molecule has 2 aromatic heterocycles. The number of ether oxygens (including phenoxy) is 2. The van der Waals surface area contributed by atoms with Crippen LogP contribution in [0.2, 0.25) is 0 Å². The van der Waals surface area contributed by atoms with E-state index in [2.05, 4.69) is 15.6 Å². The first-order valence-electron chi connectivity index (χ1n) is 10.5. The Morgan fingerprint density at radius 1 is 1.00 bits per heavy atom. The lowest BCUT2D eigenvalue weighted by Crippen LogP contribution is -2.53. The van der Waals surface area contributed by atoms with Crippen LogP contribution in [0, 0.1) is 0 Å². The number of carbonyl (C=O) groups excluding carboxylic acids is 2. The fourth-order valence-electron chi connectivity index (χ4n) is 3.72. The van der Waals surface area contributed by atoms with Gasteiger partial charge in [-0.05, 0) is 36.4 Å². The van der Waals surface area contributed by atoms with Gasteiger partial charge in [0.2, 0.25) is 0 Å². The van der Waals surface area contributed by atoms with Crippen LogP contribution in [0.1, 0.15) is 50.9 Å². The molecule has 2 atom stereocenters. The lowest BCUT2D eigenvalue weighted by molar-refractivity contribution is 0.0862. The summed E-state index contributed by atoms with van der Waals surface area (Å²) in [6, 6.07) is 10.9. The van der Waals surface area contributed by atoms with E-state index in [0.717, 1.165) is 25.7 Å². The molecule has 0 spiro atoms. The molecule has 2 amide bonds. The average molecular weight is 472 g/mol. The van der Waals surface area contributed by atoms with Crippen LogP contribution in [-0.4, -0.2) is 36.0 Å². The van der Waals surface area contributed by atoms with Crippen molar-refractivity contribution < 1.29 is 19.1 Å². The summed E-state index contributed by atoms with van der Waals surface area (Å²) in [6.07, 6.45) is 3.72. The molecule has 0 saturated heterocycles. The summed E-state index contributed by atoms with van der Waals surface area (Å²) in [5.74, 6) is 0.959. The molecular weight excluding hydrogens is 446 g/mol. The Balaban J connectivity index is 1.34. The SMILES string of the molecule is COc1ccccc1OCc1nc(C(=O)NC2CCCCC2NC(=O)c2cccs2)cs1. The van der Waals surface area contributed by atoms with E-state index in [-0.39, 0.29) is 30.5 Å². The molecule has 2 heterocycles. The third-order valence-corrected chi connectivity index (χ3v) is 7.04. The molecule has 32 heavy (non-hydrogen) atoms. The summed E-state index contributed by atoms with van der Waals surface area (Å²) >= 11 is 2.79. The maximum absolute atomic E-state index is 12.8. The van der Waals surface area contributed by atoms with Crippen molar-refractivity contribution in [1.29, 1.82) is 0 Å². The Bertz CT molecular complexity index is 1050. The summed E-state index contributed by atoms with van der Waals surface area (Å²) in [5.41, 5.74) is 0.363. The number of methoxy groups -OCH3 is 1. The third kappa shape index (κ3) is 5.46. The van der Waals surface area contributed by atoms with Crippen molar-refractivity contribution in [3.8, 4) is 11.5 Å². The van der Waals surface area contributed by atoms with E-state index in [4.69, 9.17) is 9.47 Å². The third-order valence-electron chi connectivity index (χ3n) is 5.35. The van der Waals surface area contributed by atoms with E-state index in [1.165, 1.54) is 22.7 Å². The van der Waals surface area contributed by atoms with Crippen LogP contribution in [0.15, 0.2) is 47.2 Å². The highest BCUT2D eigenvalue weighted by Gasteiger charge is 2.29. The molecule has 9 heteroatoms. The molecule has 3 aromatic rings. The lowest BCUT2D eigenvalue weighted by atomic mass is 9.90. The van der Waals surface area contributed by atoms with Crippen molar-refractivity contribution in [2.24, 2.45) is 0 Å². The van der Waals surface area contributed by atoms with Gasteiger partial charge in [0.05, 0.1) is 12.0 Å². The van der Waals surface area contributed by atoms with Crippen LogP contribution < -0.4 is 20.1 Å². The van der Waals surface area contributed by atoms with Crippen LogP contribution in [0.3, 0.4) is 0 Å². The fourth-order valence-corrected chi connectivity index (χ4v) is 5.04. The maximum atomic E-state index is 12.8. The van der Waals surface area contributed by atoms with Crippen LogP contribution in [0.5, 0.6) is 11.5 Å². The molecular formula is C23H25N3O4S2. The number of nitrogens with zero attached hydrogens (tertiary/aromatic N) is 1. The number of aromatic nitrogens is 1. The minimum absolute atomic E-state index is 0.0874. The number of benzene rings is 1. The first-order chi connectivity index (χ1) is 15.6. The number of thiophene rings is 1. The van der Waals surface area contributed by atoms with E-state index in [9.17, 15) is 9.59 Å². The monoisotopic (exact) mass is 471 g/mol. The highest BCUT2D eigenvalue weighted by atomic mass is 32.1. The van der Waals surface area contributed by atoms with Crippen LogP contribution in [-0.2, 0) is 6.61 Å². The van der Waals surface area contributed by atoms with Crippen LogP contribution in [0.25, 0.3) is 0 Å². The van der Waals surface area contributed by atoms with E-state index < -0.39 is 0 Å². The molecule has 1 aromatic carbocycles. The number of hydrogen-bond acceptors (Lipinski definition) is 7. The van der Waals surface area contributed by atoms with Crippen LogP contribution in [0.4, 0.5) is 0 Å². The van der Waals surface area contributed by atoms with Crippen LogP contribution >= 0.6 is 22.7 Å². The van der Waals surface area contributed by atoms with Gasteiger partial charge in [-0.1, -0.05) is 31.0 Å². The second-order valence-corrected chi connectivity index (χ2v) is 9.38. The molecule has 2 N–H and O–H groups in total. The number of rotatable bonds is 8. The molecule has 4 rings (SSSR count). The summed E-state index contributed by atoms with van der Waals surface area (Å²) in [6.45, 7) is 0.251. The summed E-state index contributed by atoms with van der Waals surface area (Å²) < 4.78 is 11.1. The predicted octanol–water partition coefficient (Wildman–Crippen LogP) is 4.26. The van der Waals surface area contributed by atoms with Gasteiger partial charge < -0.3 is 20.1 Å². The molecule has 7 nitrogen and oxygen atoms in total. The van der Waals surface area contributed by atoms with E-state index in [0.29, 0.717) is 27.1 Å². The number of amides is 2. The number of hydrogen-bond donors (Lipinski definition) is 2. The van der Waals surface area contributed by atoms with Gasteiger partial charge in [0.25, 0.3) is 11.8 Å². The van der Waals surface area contributed by atoms with Gasteiger partial charge in [0.1, 0.15) is 17.3 Å². The second kappa shape index (κ2) is 10.6. The Kier molecular flexibility index (Phi) is 7.39. The number of para-hydroxylation sites is 2. The van der Waals surface area contributed by atoms with Gasteiger partial charge in [-0.3, -0.25) is 9.59 Å². The van der Waals surface area contributed by atoms with Crippen molar-refractivity contribution in [2.75, 3.05) is 7.11 Å². The molecule has 1 aliphatic carbocycles. The Morgan fingerprint density at radius 3 is 2.41 bits per heavy atom. The highest BCUT2D eigenvalue weighted by molar-refractivity contribution is 7.12. The van der Waals surface area contributed by atoms with Crippen molar-refractivity contribution in [3.05, 3.63) is 62.7 Å². The van der Waals surface area contributed by atoms with E-state index in [1.807, 2.05) is 35.7 Å². The normalized spacial score (nSPS) is 18.0. The smallest absolute Gasteiger partial charge is 0.271 e. The first-order valence-corrected chi connectivity index (χ1v) is 12.3. The quantitative estimate of drug-likeness (QED) is 0.512. The molecule has 1 aliphatic rings. The van der Waals surface area contributed by atoms with E-state index >= 15 is 0 Å². The first kappa shape index (κ1) is 22.3. The van der Waals surface area contributed by atoms with Gasteiger partial charge >= 0.3 is 0 Å². The van der Waals surface area contributed by atoms with Crippen molar-refractivity contribution in [2.45, 2.75) is 44.4 Å². The number of carbonyl (C=O) groups is 2. The molecule has 0 radical (unpaired) electrons. The second-order valence-electron chi connectivity index (χ2n) is 7.49. The summed E-state index contributed by atoms with van der Waals surface area (Å²) in [5, 5.41) is 10.5. The Hall–Kier alpha value is -2.91. The molecule has 1 fully saturated rings. The number of nitrogens with one attached hydrogen (secondary N) is 2. The van der Waals surface area contributed by atoms with Gasteiger partial charge in [-0.25, -0.2) is 4.98 Å². The van der Waals surface area contributed by atoms with Gasteiger partial charge in [-0.2, -0.15) is 0 Å². The van der Waals surface area contributed by atoms with Crippen molar-refractivity contribution in [1.82, 2.24) is 15.6 Å². The summed E-state index contributed by atoms with van der Waals surface area (Å²) in [4.78, 5) is 30.4. The van der Waals surface area contributed by atoms with Gasteiger partial charge in [0.15, 0.2) is 11.5 Å². The summed E-state index contributed by atoms with van der Waals surface area (Å²) in [7, 11) is 1.59. The van der Waals surface area contributed by atoms with Gasteiger partial charge in [-0.15, -0.1) is 22.7 Å². The standard InChI is InChI=1S/C23H25N3O4S2/c1-29-18-9-4-5-10-19(18)30-13-21-24-17(14-32-21)22(27)25-15-7-2-3-8-16(15)26-23(28)20-11-6-12-31-20/h4-6,9-12,14-16H,2-3,7-8,13H2,1H3,(H,25,27)(H,26,28). The van der Waals surface area contributed by atoms with Crippen molar-refractivity contribution >= 4 is 34.5 Å². The zero-order chi connectivity index (χ0) is 22.3. The highest BCUT2D eigenvalue weighted by Crippen LogP contribution is 2.27. The minimum atomic E-state index is -0.230. The number of thiazole rings is 1. The Labute approximate surface area is 194 Å². The van der Waals surface area contributed by atoms with E-state index in [1.54, 1.807) is 18.6 Å².